The van der Waals surface area contributed by atoms with Gasteiger partial charge in [-0.25, -0.2) is 4.79 Å². The molecule has 1 atom stereocenters. The average Bonchev–Trinajstić information content (AvgIpc) is 2.90. The zero-order valence-corrected chi connectivity index (χ0v) is 11.0. The Hall–Kier alpha value is -2.83. The largest absolute Gasteiger partial charge is 0.481 e. The Bertz CT molecular complexity index is 691. The van der Waals surface area contributed by atoms with Crippen molar-refractivity contribution in [3.05, 3.63) is 36.0 Å². The van der Waals surface area contributed by atoms with Crippen LogP contribution in [0.25, 0.3) is 10.9 Å². The van der Waals surface area contributed by atoms with Gasteiger partial charge in [-0.1, -0.05) is 12.1 Å². The van der Waals surface area contributed by atoms with Gasteiger partial charge >= 0.3 is 11.9 Å². The number of carbonyl (C=O) groups is 3. The van der Waals surface area contributed by atoms with Crippen molar-refractivity contribution in [1.82, 2.24) is 10.3 Å². The molecule has 0 saturated heterocycles. The molecule has 1 aromatic carbocycles. The van der Waals surface area contributed by atoms with E-state index in [0.717, 1.165) is 5.39 Å². The SMILES string of the molecule is O=C(O)CC[C@H](NC(=O)c1cccc2cc[nH]c12)C(=O)O. The number of carboxylic acids is 2. The van der Waals surface area contributed by atoms with Crippen molar-refractivity contribution in [2.45, 2.75) is 18.9 Å². The molecule has 2 aromatic rings. The van der Waals surface area contributed by atoms with Gasteiger partial charge in [-0.3, -0.25) is 9.59 Å². The summed E-state index contributed by atoms with van der Waals surface area (Å²) in [5, 5.41) is 20.8. The van der Waals surface area contributed by atoms with E-state index in [9.17, 15) is 14.4 Å². The van der Waals surface area contributed by atoms with Gasteiger partial charge in [0.25, 0.3) is 5.91 Å². The van der Waals surface area contributed by atoms with Crippen LogP contribution in [0.4, 0.5) is 0 Å². The van der Waals surface area contributed by atoms with Crippen LogP contribution in [0.3, 0.4) is 0 Å². The van der Waals surface area contributed by atoms with E-state index >= 15 is 0 Å². The van der Waals surface area contributed by atoms with Crippen molar-refractivity contribution in [3.63, 3.8) is 0 Å². The molecule has 2 rings (SSSR count). The number of aromatic amines is 1. The first-order valence-corrected chi connectivity index (χ1v) is 6.30. The summed E-state index contributed by atoms with van der Waals surface area (Å²) in [5.74, 6) is -2.92. The van der Waals surface area contributed by atoms with Gasteiger partial charge in [-0.15, -0.1) is 0 Å². The monoisotopic (exact) mass is 290 g/mol. The molecule has 4 N–H and O–H groups in total. The third-order valence-electron chi connectivity index (χ3n) is 3.08. The summed E-state index contributed by atoms with van der Waals surface area (Å²) in [6, 6.07) is 5.65. The van der Waals surface area contributed by atoms with E-state index in [1.165, 1.54) is 0 Å². The average molecular weight is 290 g/mol. The van der Waals surface area contributed by atoms with Crippen molar-refractivity contribution in [3.8, 4) is 0 Å². The molecule has 0 spiro atoms. The molecule has 0 aliphatic rings. The van der Waals surface area contributed by atoms with Gasteiger partial charge in [-0.2, -0.15) is 0 Å². The number of benzene rings is 1. The number of amides is 1. The Kier molecular flexibility index (Phi) is 4.22. The third kappa shape index (κ3) is 3.38. The van der Waals surface area contributed by atoms with Crippen molar-refractivity contribution < 1.29 is 24.6 Å². The second kappa shape index (κ2) is 6.08. The number of carboxylic acid groups (broad SMARTS) is 2. The fraction of sp³-hybridized carbons (Fsp3) is 0.214. The Morgan fingerprint density at radius 3 is 2.62 bits per heavy atom. The van der Waals surface area contributed by atoms with Crippen LogP contribution in [-0.4, -0.2) is 39.1 Å². The summed E-state index contributed by atoms with van der Waals surface area (Å²) in [5.41, 5.74) is 0.927. The smallest absolute Gasteiger partial charge is 0.326 e. The van der Waals surface area contributed by atoms with E-state index in [4.69, 9.17) is 10.2 Å². The number of hydrogen-bond acceptors (Lipinski definition) is 3. The minimum absolute atomic E-state index is 0.170. The number of para-hydroxylation sites is 1. The van der Waals surface area contributed by atoms with Crippen molar-refractivity contribution in [1.29, 1.82) is 0 Å². The van der Waals surface area contributed by atoms with Gasteiger partial charge < -0.3 is 20.5 Å². The van der Waals surface area contributed by atoms with Gasteiger partial charge in [0.15, 0.2) is 0 Å². The van der Waals surface area contributed by atoms with Crippen LogP contribution in [0.2, 0.25) is 0 Å². The highest BCUT2D eigenvalue weighted by Gasteiger charge is 2.22. The maximum absolute atomic E-state index is 12.2. The minimum Gasteiger partial charge on any atom is -0.481 e. The van der Waals surface area contributed by atoms with Crippen LogP contribution in [0.15, 0.2) is 30.5 Å². The molecule has 1 aromatic heterocycles. The van der Waals surface area contributed by atoms with Crippen LogP contribution in [-0.2, 0) is 9.59 Å². The number of nitrogens with one attached hydrogen (secondary N) is 2. The van der Waals surface area contributed by atoms with Gasteiger partial charge in [0.2, 0.25) is 0 Å². The van der Waals surface area contributed by atoms with Gasteiger partial charge in [0.1, 0.15) is 6.04 Å². The van der Waals surface area contributed by atoms with E-state index in [1.54, 1.807) is 24.4 Å². The van der Waals surface area contributed by atoms with E-state index in [2.05, 4.69) is 10.3 Å². The zero-order valence-electron chi connectivity index (χ0n) is 11.0. The molecule has 0 bridgehead atoms. The summed E-state index contributed by atoms with van der Waals surface area (Å²) in [6.07, 6.45) is 1.18. The molecule has 7 heteroatoms. The predicted molar refractivity (Wildman–Crippen MR) is 74.1 cm³/mol. The zero-order chi connectivity index (χ0) is 15.4. The van der Waals surface area contributed by atoms with Crippen LogP contribution < -0.4 is 5.32 Å². The van der Waals surface area contributed by atoms with Crippen LogP contribution in [0, 0.1) is 0 Å². The standard InChI is InChI=1S/C14H14N2O5/c17-11(18)5-4-10(14(20)21)16-13(19)9-3-1-2-8-6-7-15-12(8)9/h1-3,6-7,10,15H,4-5H2,(H,16,19)(H,17,18)(H,20,21)/t10-/m0/s1. The minimum atomic E-state index is -1.26. The molecule has 110 valence electrons. The van der Waals surface area contributed by atoms with Gasteiger partial charge in [0.05, 0.1) is 11.1 Å². The highest BCUT2D eigenvalue weighted by atomic mass is 16.4. The highest BCUT2D eigenvalue weighted by molar-refractivity contribution is 6.06. The van der Waals surface area contributed by atoms with Gasteiger partial charge in [-0.05, 0) is 18.6 Å². The fourth-order valence-corrected chi connectivity index (χ4v) is 2.04. The van der Waals surface area contributed by atoms with Crippen LogP contribution in [0.5, 0.6) is 0 Å². The number of aromatic nitrogens is 1. The third-order valence-corrected chi connectivity index (χ3v) is 3.08. The van der Waals surface area contributed by atoms with E-state index in [-0.39, 0.29) is 12.8 Å². The Morgan fingerprint density at radius 1 is 1.19 bits per heavy atom. The lowest BCUT2D eigenvalue weighted by Crippen LogP contribution is -2.41. The fourth-order valence-electron chi connectivity index (χ4n) is 2.04. The normalized spacial score (nSPS) is 12.0. The molecule has 1 amide bonds. The van der Waals surface area contributed by atoms with Crippen LogP contribution in [0.1, 0.15) is 23.2 Å². The summed E-state index contributed by atoms with van der Waals surface area (Å²) < 4.78 is 0. The quantitative estimate of drug-likeness (QED) is 0.637. The molecule has 0 saturated carbocycles. The maximum atomic E-state index is 12.2. The molecule has 1 heterocycles. The maximum Gasteiger partial charge on any atom is 0.326 e. The van der Waals surface area contributed by atoms with Crippen molar-refractivity contribution in [2.75, 3.05) is 0 Å². The molecule has 0 fully saturated rings. The number of H-pyrrole nitrogens is 1. The molecule has 0 radical (unpaired) electrons. The van der Waals surface area contributed by atoms with Crippen molar-refractivity contribution in [2.24, 2.45) is 0 Å². The lowest BCUT2D eigenvalue weighted by atomic mass is 10.1. The Labute approximate surface area is 119 Å². The molecule has 21 heavy (non-hydrogen) atoms. The highest BCUT2D eigenvalue weighted by Crippen LogP contribution is 2.17. The summed E-state index contributed by atoms with van der Waals surface area (Å²) in [6.45, 7) is 0. The first-order valence-electron chi connectivity index (χ1n) is 6.30. The molecular weight excluding hydrogens is 276 g/mol. The first-order chi connectivity index (χ1) is 9.99. The van der Waals surface area contributed by atoms with Crippen LogP contribution >= 0.6 is 0 Å². The Balaban J connectivity index is 2.17. The number of hydrogen-bond donors (Lipinski definition) is 4. The molecule has 0 aliphatic carbocycles. The summed E-state index contributed by atoms with van der Waals surface area (Å²) >= 11 is 0. The first kappa shape index (κ1) is 14.6. The second-order valence-corrected chi connectivity index (χ2v) is 4.54. The lowest BCUT2D eigenvalue weighted by Gasteiger charge is -2.13. The van der Waals surface area contributed by atoms with E-state index < -0.39 is 23.9 Å². The molecule has 0 unspecified atom stereocenters. The molecular formula is C14H14N2O5. The predicted octanol–water partition coefficient (Wildman–Crippen LogP) is 1.22. The van der Waals surface area contributed by atoms with E-state index in [1.807, 2.05) is 6.07 Å². The lowest BCUT2D eigenvalue weighted by molar-refractivity contribution is -0.140. The van der Waals surface area contributed by atoms with E-state index in [0.29, 0.717) is 11.1 Å². The number of carbonyl (C=O) groups excluding carboxylic acids is 1. The number of fused-ring (bicyclic) bond motifs is 1. The summed E-state index contributed by atoms with van der Waals surface area (Å²) in [7, 11) is 0. The van der Waals surface area contributed by atoms with Crippen molar-refractivity contribution >= 4 is 28.7 Å². The molecule has 0 aliphatic heterocycles. The Morgan fingerprint density at radius 2 is 1.95 bits per heavy atom. The molecule has 7 nitrogen and oxygen atoms in total. The summed E-state index contributed by atoms with van der Waals surface area (Å²) in [4.78, 5) is 36.7. The number of aliphatic carboxylic acids is 2. The number of rotatable bonds is 6. The van der Waals surface area contributed by atoms with Gasteiger partial charge in [0, 0.05) is 18.0 Å². The second-order valence-electron chi connectivity index (χ2n) is 4.54. The topological polar surface area (TPSA) is 119 Å².